The standard InChI is InChI=1S/C20H23N2O.ClH/c1-15-8-7-11-22(13-15)14-16(23)12-19-20(2,3)17-9-5-6-10-18(17)21(19)4;/h5-13H,14H2,1-4H3;1H/q+1;/p-1/b19-12-;. The molecule has 0 spiro atoms. The van der Waals surface area contributed by atoms with Crippen molar-refractivity contribution in [2.75, 3.05) is 11.9 Å². The number of pyridine rings is 1. The van der Waals surface area contributed by atoms with Gasteiger partial charge in [0, 0.05) is 41.6 Å². The van der Waals surface area contributed by atoms with Crippen molar-refractivity contribution >= 4 is 11.5 Å². The predicted molar refractivity (Wildman–Crippen MR) is 92.3 cm³/mol. The van der Waals surface area contributed by atoms with Gasteiger partial charge in [0.25, 0.3) is 0 Å². The first-order valence-electron chi connectivity index (χ1n) is 7.93. The molecule has 1 aromatic heterocycles. The third kappa shape index (κ3) is 3.22. The Morgan fingerprint density at radius 3 is 2.58 bits per heavy atom. The quantitative estimate of drug-likeness (QED) is 0.586. The number of aromatic nitrogens is 1. The average molecular weight is 343 g/mol. The maximum absolute atomic E-state index is 12.5. The topological polar surface area (TPSA) is 24.2 Å². The summed E-state index contributed by atoms with van der Waals surface area (Å²) in [7, 11) is 2.03. The van der Waals surface area contributed by atoms with E-state index in [4.69, 9.17) is 0 Å². The minimum absolute atomic E-state index is 0. The maximum Gasteiger partial charge on any atom is 0.222 e. The van der Waals surface area contributed by atoms with Crippen LogP contribution in [0.4, 0.5) is 5.69 Å². The first kappa shape index (κ1) is 18.2. The Hall–Kier alpha value is -2.13. The van der Waals surface area contributed by atoms with Gasteiger partial charge in [0.05, 0.1) is 0 Å². The van der Waals surface area contributed by atoms with Crippen LogP contribution in [0.1, 0.15) is 25.0 Å². The highest BCUT2D eigenvalue weighted by atomic mass is 35.5. The number of carbonyl (C=O) groups is 1. The number of hydrogen-bond acceptors (Lipinski definition) is 2. The van der Waals surface area contributed by atoms with Crippen LogP contribution in [0.3, 0.4) is 0 Å². The number of allylic oxidation sites excluding steroid dienone is 2. The zero-order valence-electron chi connectivity index (χ0n) is 14.6. The number of anilines is 1. The highest BCUT2D eigenvalue weighted by molar-refractivity contribution is 5.91. The summed E-state index contributed by atoms with van der Waals surface area (Å²) in [6.45, 7) is 6.75. The van der Waals surface area contributed by atoms with Crippen molar-refractivity contribution in [1.82, 2.24) is 0 Å². The van der Waals surface area contributed by atoms with E-state index in [9.17, 15) is 4.79 Å². The van der Waals surface area contributed by atoms with Gasteiger partial charge in [0.1, 0.15) is 0 Å². The Morgan fingerprint density at radius 1 is 1.21 bits per heavy atom. The van der Waals surface area contributed by atoms with Crippen LogP contribution < -0.4 is 21.9 Å². The van der Waals surface area contributed by atoms with E-state index in [-0.39, 0.29) is 23.6 Å². The molecule has 1 aromatic carbocycles. The molecular formula is C20H23ClN2O. The highest BCUT2D eigenvalue weighted by Crippen LogP contribution is 2.46. The van der Waals surface area contributed by atoms with Crippen molar-refractivity contribution < 1.29 is 21.8 Å². The van der Waals surface area contributed by atoms with Crippen molar-refractivity contribution in [2.24, 2.45) is 0 Å². The van der Waals surface area contributed by atoms with E-state index >= 15 is 0 Å². The van der Waals surface area contributed by atoms with E-state index in [2.05, 4.69) is 36.9 Å². The zero-order chi connectivity index (χ0) is 16.6. The van der Waals surface area contributed by atoms with E-state index in [1.165, 1.54) is 11.3 Å². The first-order chi connectivity index (χ1) is 10.9. The van der Waals surface area contributed by atoms with Gasteiger partial charge in [-0.15, -0.1) is 0 Å². The molecule has 0 saturated heterocycles. The number of para-hydroxylation sites is 1. The third-order valence-electron chi connectivity index (χ3n) is 4.58. The summed E-state index contributed by atoms with van der Waals surface area (Å²) in [5.41, 5.74) is 4.50. The van der Waals surface area contributed by atoms with Gasteiger partial charge in [-0.1, -0.05) is 32.0 Å². The number of rotatable bonds is 3. The van der Waals surface area contributed by atoms with Crippen molar-refractivity contribution in [3.63, 3.8) is 0 Å². The van der Waals surface area contributed by atoms with E-state index < -0.39 is 0 Å². The van der Waals surface area contributed by atoms with Gasteiger partial charge in [0.2, 0.25) is 12.3 Å². The number of nitrogens with zero attached hydrogens (tertiary/aromatic N) is 2. The Bertz CT molecular complexity index is 796. The highest BCUT2D eigenvalue weighted by Gasteiger charge is 2.38. The molecule has 0 aliphatic carbocycles. The summed E-state index contributed by atoms with van der Waals surface area (Å²) >= 11 is 0. The summed E-state index contributed by atoms with van der Waals surface area (Å²) in [5.74, 6) is 0.114. The van der Waals surface area contributed by atoms with Crippen molar-refractivity contribution in [3.8, 4) is 0 Å². The number of ketones is 1. The van der Waals surface area contributed by atoms with Gasteiger partial charge in [-0.3, -0.25) is 4.79 Å². The molecule has 24 heavy (non-hydrogen) atoms. The fraction of sp³-hybridized carbons (Fsp3) is 0.300. The lowest BCUT2D eigenvalue weighted by Crippen LogP contribution is -3.00. The van der Waals surface area contributed by atoms with Crippen LogP contribution in [0.25, 0.3) is 0 Å². The largest absolute Gasteiger partial charge is 1.00 e. The van der Waals surface area contributed by atoms with E-state index in [0.717, 1.165) is 11.3 Å². The molecule has 3 rings (SSSR count). The molecule has 0 fully saturated rings. The molecule has 0 unspecified atom stereocenters. The molecule has 0 atom stereocenters. The second-order valence-corrected chi connectivity index (χ2v) is 6.75. The summed E-state index contributed by atoms with van der Waals surface area (Å²) in [5, 5.41) is 0. The van der Waals surface area contributed by atoms with Crippen LogP contribution >= 0.6 is 0 Å². The average Bonchev–Trinajstić information content (AvgIpc) is 2.69. The molecule has 1 aliphatic heterocycles. The minimum atomic E-state index is -0.154. The number of hydrogen-bond donors (Lipinski definition) is 0. The Morgan fingerprint density at radius 2 is 1.92 bits per heavy atom. The van der Waals surface area contributed by atoms with Crippen LogP contribution in [0.2, 0.25) is 0 Å². The SMILES string of the molecule is Cc1ccc[n+](CC(=O)/C=C2\N(C)c3ccccc3C2(C)C)c1.[Cl-]. The minimum Gasteiger partial charge on any atom is -1.00 e. The number of aryl methyl sites for hydroxylation is 1. The second-order valence-electron chi connectivity index (χ2n) is 6.75. The molecule has 126 valence electrons. The van der Waals surface area contributed by atoms with Crippen LogP contribution in [0.15, 0.2) is 60.6 Å². The van der Waals surface area contributed by atoms with Gasteiger partial charge in [0.15, 0.2) is 12.4 Å². The van der Waals surface area contributed by atoms with Crippen LogP contribution in [0, 0.1) is 6.92 Å². The zero-order valence-corrected chi connectivity index (χ0v) is 15.3. The van der Waals surface area contributed by atoms with Crippen molar-refractivity contribution in [2.45, 2.75) is 32.7 Å². The van der Waals surface area contributed by atoms with E-state index in [0.29, 0.717) is 6.54 Å². The second kappa shape index (κ2) is 6.78. The van der Waals surface area contributed by atoms with Gasteiger partial charge in [-0.25, -0.2) is 0 Å². The van der Waals surface area contributed by atoms with E-state index in [1.807, 2.05) is 49.1 Å². The summed E-state index contributed by atoms with van der Waals surface area (Å²) in [6.07, 6.45) is 5.73. The molecular weight excluding hydrogens is 320 g/mol. The van der Waals surface area contributed by atoms with Crippen LogP contribution in [0.5, 0.6) is 0 Å². The Labute approximate surface area is 150 Å². The molecule has 1 aliphatic rings. The molecule has 0 amide bonds. The molecule has 0 bridgehead atoms. The normalized spacial score (nSPS) is 16.7. The van der Waals surface area contributed by atoms with Gasteiger partial charge < -0.3 is 17.3 Å². The Balaban J connectivity index is 0.00000208. The van der Waals surface area contributed by atoms with Crippen LogP contribution in [-0.2, 0) is 16.8 Å². The first-order valence-corrected chi connectivity index (χ1v) is 7.93. The Kier molecular flexibility index (Phi) is 5.14. The number of halogens is 1. The monoisotopic (exact) mass is 342 g/mol. The van der Waals surface area contributed by atoms with Crippen molar-refractivity contribution in [3.05, 3.63) is 71.7 Å². The molecule has 0 radical (unpaired) electrons. The molecule has 2 aromatic rings. The summed E-state index contributed by atoms with van der Waals surface area (Å²) < 4.78 is 1.93. The molecule has 0 N–H and O–H groups in total. The summed E-state index contributed by atoms with van der Waals surface area (Å²) in [4.78, 5) is 14.7. The summed E-state index contributed by atoms with van der Waals surface area (Å²) in [6, 6.07) is 12.4. The molecule has 4 heteroatoms. The van der Waals surface area contributed by atoms with E-state index in [1.54, 1.807) is 6.08 Å². The van der Waals surface area contributed by atoms with Crippen molar-refractivity contribution in [1.29, 1.82) is 0 Å². The number of benzene rings is 1. The number of likely N-dealkylation sites (N-methyl/N-ethyl adjacent to an activating group) is 1. The lowest BCUT2D eigenvalue weighted by Gasteiger charge is -2.23. The van der Waals surface area contributed by atoms with Crippen LogP contribution in [-0.4, -0.2) is 12.8 Å². The molecule has 0 saturated carbocycles. The van der Waals surface area contributed by atoms with Gasteiger partial charge >= 0.3 is 0 Å². The van der Waals surface area contributed by atoms with Gasteiger partial charge in [-0.05, 0) is 24.6 Å². The lowest BCUT2D eigenvalue weighted by molar-refractivity contribution is -0.684. The fourth-order valence-electron chi connectivity index (χ4n) is 3.39. The fourth-order valence-corrected chi connectivity index (χ4v) is 3.39. The number of carbonyl (C=O) groups excluding carboxylic acids is 1. The molecule has 3 nitrogen and oxygen atoms in total. The maximum atomic E-state index is 12.5. The predicted octanol–water partition coefficient (Wildman–Crippen LogP) is 0.167. The lowest BCUT2D eigenvalue weighted by atomic mass is 9.83. The smallest absolute Gasteiger partial charge is 0.222 e. The van der Waals surface area contributed by atoms with Gasteiger partial charge in [-0.2, -0.15) is 4.57 Å². The third-order valence-corrected chi connectivity index (χ3v) is 4.58. The molecule has 2 heterocycles. The number of fused-ring (bicyclic) bond motifs is 1.